The van der Waals surface area contributed by atoms with Crippen LogP contribution in [0.1, 0.15) is 24.0 Å². The number of aryl methyl sites for hydroxylation is 1. The monoisotopic (exact) mass is 594 g/mol. The van der Waals surface area contributed by atoms with Gasteiger partial charge < -0.3 is 24.8 Å². The van der Waals surface area contributed by atoms with E-state index < -0.39 is 0 Å². The summed E-state index contributed by atoms with van der Waals surface area (Å²) in [6.45, 7) is 4.56. The molecule has 4 atom stereocenters. The molecule has 2 aliphatic carbocycles. The van der Waals surface area contributed by atoms with Crippen molar-refractivity contribution in [2.24, 2.45) is 17.8 Å². The van der Waals surface area contributed by atoms with Gasteiger partial charge in [0.25, 0.3) is 0 Å². The van der Waals surface area contributed by atoms with Gasteiger partial charge in [0.1, 0.15) is 23.1 Å². The molecule has 1 aliphatic heterocycles. The number of carbonyl (C=O) groups excluding carboxylic acids is 1. The minimum Gasteiger partial charge on any atom is -0.497 e. The topological polar surface area (TPSA) is 111 Å². The average Bonchev–Trinajstić information content (AvgIpc) is 3.53. The maximum Gasteiger partial charge on any atom is 0.229 e. The van der Waals surface area contributed by atoms with E-state index in [-0.39, 0.29) is 11.8 Å². The van der Waals surface area contributed by atoms with Crippen molar-refractivity contribution in [2.75, 3.05) is 45.1 Å². The zero-order valence-electron chi connectivity index (χ0n) is 25.5. The number of carbonyl (C=O) groups is 1. The summed E-state index contributed by atoms with van der Waals surface area (Å²) in [6, 6.07) is 12.3. The van der Waals surface area contributed by atoms with Crippen molar-refractivity contribution < 1.29 is 19.0 Å². The number of aromatic nitrogens is 3. The van der Waals surface area contributed by atoms with E-state index in [2.05, 4.69) is 25.5 Å². The van der Waals surface area contributed by atoms with Crippen molar-refractivity contribution in [3.05, 3.63) is 66.1 Å². The lowest BCUT2D eigenvalue weighted by Gasteiger charge is -2.43. The second-order valence-electron chi connectivity index (χ2n) is 12.1. The molecule has 10 nitrogen and oxygen atoms in total. The molecule has 4 heterocycles. The van der Waals surface area contributed by atoms with Crippen LogP contribution in [0.3, 0.4) is 0 Å². The number of likely N-dealkylation sites (tertiary alicyclic amines) is 1. The van der Waals surface area contributed by atoms with Crippen LogP contribution in [-0.2, 0) is 16.1 Å². The van der Waals surface area contributed by atoms with Crippen LogP contribution in [0.25, 0.3) is 22.0 Å². The number of nitrogens with one attached hydrogen (secondary N) is 2. The van der Waals surface area contributed by atoms with Crippen LogP contribution >= 0.6 is 0 Å². The van der Waals surface area contributed by atoms with Crippen molar-refractivity contribution in [3.8, 4) is 22.8 Å². The number of amides is 1. The van der Waals surface area contributed by atoms with Gasteiger partial charge in [-0.2, -0.15) is 0 Å². The highest BCUT2D eigenvalue weighted by Crippen LogP contribution is 2.59. The van der Waals surface area contributed by atoms with E-state index in [1.54, 1.807) is 33.7 Å². The SMILES string of the molecule is COc1ccc(CNc2nc(-c3cnccc3C)cc3cc(NC(=O)C4[C@H]5CC(N6CC(OC)C6)C[C@@H]45)ncc23)c(OC)c1. The molecule has 4 aromatic rings. The smallest absolute Gasteiger partial charge is 0.229 e. The molecule has 0 radical (unpaired) electrons. The lowest BCUT2D eigenvalue weighted by atomic mass is 10.0. The molecule has 2 saturated carbocycles. The molecule has 0 bridgehead atoms. The number of benzene rings is 1. The number of anilines is 2. The quantitative estimate of drug-likeness (QED) is 0.264. The van der Waals surface area contributed by atoms with Gasteiger partial charge >= 0.3 is 0 Å². The molecule has 44 heavy (non-hydrogen) atoms. The third kappa shape index (κ3) is 5.33. The normalized spacial score (nSPS) is 22.7. The third-order valence-electron chi connectivity index (χ3n) is 9.67. The first-order valence-corrected chi connectivity index (χ1v) is 15.2. The maximum absolute atomic E-state index is 13.3. The first kappa shape index (κ1) is 28.5. The predicted molar refractivity (Wildman–Crippen MR) is 169 cm³/mol. The summed E-state index contributed by atoms with van der Waals surface area (Å²) in [5.74, 6) is 3.79. The molecule has 2 unspecified atom stereocenters. The molecule has 10 heteroatoms. The zero-order valence-corrected chi connectivity index (χ0v) is 25.5. The van der Waals surface area contributed by atoms with Gasteiger partial charge in [-0.1, -0.05) is 0 Å². The summed E-state index contributed by atoms with van der Waals surface area (Å²) >= 11 is 0. The molecule has 7 rings (SSSR count). The lowest BCUT2D eigenvalue weighted by molar-refractivity contribution is -0.118. The molecule has 0 spiro atoms. The van der Waals surface area contributed by atoms with E-state index in [0.29, 0.717) is 42.2 Å². The van der Waals surface area contributed by atoms with Crippen LogP contribution < -0.4 is 20.1 Å². The Hall–Kier alpha value is -4.28. The van der Waals surface area contributed by atoms with Crippen LogP contribution in [0.15, 0.2) is 55.0 Å². The minimum absolute atomic E-state index is 0.0750. The van der Waals surface area contributed by atoms with Crippen molar-refractivity contribution in [2.45, 2.75) is 38.5 Å². The molecule has 3 fully saturated rings. The average molecular weight is 595 g/mol. The summed E-state index contributed by atoms with van der Waals surface area (Å²) in [6.07, 6.45) is 7.95. The number of fused-ring (bicyclic) bond motifs is 2. The highest BCUT2D eigenvalue weighted by molar-refractivity contribution is 5.99. The fraction of sp³-hybridized carbons (Fsp3) is 0.412. The second kappa shape index (κ2) is 11.7. The van der Waals surface area contributed by atoms with Crippen LogP contribution in [0.2, 0.25) is 0 Å². The molecule has 1 amide bonds. The fourth-order valence-corrected chi connectivity index (χ4v) is 7.02. The summed E-state index contributed by atoms with van der Waals surface area (Å²) in [5, 5.41) is 8.40. The molecule has 1 aromatic carbocycles. The van der Waals surface area contributed by atoms with E-state index in [1.807, 2.05) is 49.5 Å². The van der Waals surface area contributed by atoms with Crippen LogP contribution in [0.5, 0.6) is 11.5 Å². The summed E-state index contributed by atoms with van der Waals surface area (Å²) in [7, 11) is 5.06. The number of methoxy groups -OCH3 is 3. The van der Waals surface area contributed by atoms with Gasteiger partial charge in [-0.05, 0) is 72.9 Å². The van der Waals surface area contributed by atoms with Gasteiger partial charge in [-0.25, -0.2) is 9.97 Å². The number of nitrogens with zero attached hydrogens (tertiary/aromatic N) is 4. The van der Waals surface area contributed by atoms with E-state index >= 15 is 0 Å². The van der Waals surface area contributed by atoms with Gasteiger partial charge in [0, 0.05) is 79.9 Å². The van der Waals surface area contributed by atoms with Gasteiger partial charge in [-0.15, -0.1) is 0 Å². The lowest BCUT2D eigenvalue weighted by Crippen LogP contribution is -2.55. The highest BCUT2D eigenvalue weighted by Gasteiger charge is 2.60. The Morgan fingerprint density at radius 1 is 1.02 bits per heavy atom. The first-order valence-electron chi connectivity index (χ1n) is 15.2. The van der Waals surface area contributed by atoms with E-state index in [4.69, 9.17) is 19.2 Å². The number of hydrogen-bond donors (Lipinski definition) is 2. The predicted octanol–water partition coefficient (Wildman–Crippen LogP) is 4.92. The van der Waals surface area contributed by atoms with Crippen molar-refractivity contribution in [1.29, 1.82) is 0 Å². The Morgan fingerprint density at radius 2 is 1.84 bits per heavy atom. The van der Waals surface area contributed by atoms with Crippen molar-refractivity contribution in [3.63, 3.8) is 0 Å². The molecular weight excluding hydrogens is 556 g/mol. The van der Waals surface area contributed by atoms with Crippen LogP contribution in [-0.4, -0.2) is 72.3 Å². The van der Waals surface area contributed by atoms with Gasteiger partial charge in [0.15, 0.2) is 0 Å². The van der Waals surface area contributed by atoms with E-state index in [9.17, 15) is 4.79 Å². The Bertz CT molecular complexity index is 1700. The van der Waals surface area contributed by atoms with E-state index in [1.165, 1.54) is 0 Å². The minimum atomic E-state index is 0.0750. The van der Waals surface area contributed by atoms with Gasteiger partial charge in [-0.3, -0.25) is 14.7 Å². The molecule has 3 aliphatic rings. The Balaban J connectivity index is 1.11. The first-order chi connectivity index (χ1) is 21.4. The van der Waals surface area contributed by atoms with E-state index in [0.717, 1.165) is 70.6 Å². The summed E-state index contributed by atoms with van der Waals surface area (Å²) in [5.41, 5.74) is 3.78. The number of hydrogen-bond acceptors (Lipinski definition) is 9. The Morgan fingerprint density at radius 3 is 2.57 bits per heavy atom. The molecule has 1 saturated heterocycles. The highest BCUT2D eigenvalue weighted by atomic mass is 16.5. The van der Waals surface area contributed by atoms with Crippen molar-refractivity contribution >= 4 is 28.3 Å². The second-order valence-corrected chi connectivity index (χ2v) is 12.1. The Labute approximate surface area is 257 Å². The number of pyridine rings is 3. The van der Waals surface area contributed by atoms with Gasteiger partial charge in [0.05, 0.1) is 26.0 Å². The largest absolute Gasteiger partial charge is 0.497 e. The summed E-state index contributed by atoms with van der Waals surface area (Å²) in [4.78, 5) is 29.8. The molecule has 228 valence electrons. The fourth-order valence-electron chi connectivity index (χ4n) is 7.02. The molecule has 3 aromatic heterocycles. The maximum atomic E-state index is 13.3. The van der Waals surface area contributed by atoms with Crippen LogP contribution in [0, 0.1) is 24.7 Å². The standard InChI is InChI=1S/C34H38N6O4/c1-19-7-8-35-15-27(19)29-9-21-10-31(39-34(41)32-25-11-22(12-26(25)32)40-17-24(18-40)43-3)36-16-28(21)33(38-29)37-14-20-5-6-23(42-2)13-30(20)44-4/h5-10,13,15-16,22,24-26,32H,11-12,14,17-18H2,1-4H3,(H,37,38)(H,36,39,41)/t22?,25-,26+,32?. The summed E-state index contributed by atoms with van der Waals surface area (Å²) < 4.78 is 16.4. The van der Waals surface area contributed by atoms with Crippen LogP contribution in [0.4, 0.5) is 11.6 Å². The number of rotatable bonds is 10. The van der Waals surface area contributed by atoms with Gasteiger partial charge in [0.2, 0.25) is 5.91 Å². The number of ether oxygens (including phenoxy) is 3. The molecule has 2 N–H and O–H groups in total. The third-order valence-corrected chi connectivity index (χ3v) is 9.67. The van der Waals surface area contributed by atoms with Crippen molar-refractivity contribution in [1.82, 2.24) is 19.9 Å². The molecular formula is C34H38N6O4. The zero-order chi connectivity index (χ0) is 30.4. The Kier molecular flexibility index (Phi) is 7.55.